The standard InChI is InChI=1S/C10H12N2O/c1-8(13)7-12-10-5-3-2-4-9(10)6-11-12/h2-6,8,13H,7H2,1H3. The van der Waals surface area contributed by atoms with E-state index in [1.54, 1.807) is 6.92 Å². The van der Waals surface area contributed by atoms with Crippen molar-refractivity contribution in [3.05, 3.63) is 30.5 Å². The van der Waals surface area contributed by atoms with E-state index in [9.17, 15) is 5.11 Å². The Kier molecular flexibility index (Phi) is 2.02. The maximum Gasteiger partial charge on any atom is 0.0708 e. The van der Waals surface area contributed by atoms with Crippen LogP contribution in [0.25, 0.3) is 10.9 Å². The molecule has 1 atom stereocenters. The summed E-state index contributed by atoms with van der Waals surface area (Å²) in [7, 11) is 0. The summed E-state index contributed by atoms with van der Waals surface area (Å²) in [6.45, 7) is 2.31. The third-order valence-corrected chi connectivity index (χ3v) is 1.99. The fourth-order valence-corrected chi connectivity index (χ4v) is 1.42. The summed E-state index contributed by atoms with van der Waals surface area (Å²) in [5.74, 6) is 0. The van der Waals surface area contributed by atoms with Gasteiger partial charge in [-0.2, -0.15) is 5.10 Å². The lowest BCUT2D eigenvalue weighted by Crippen LogP contribution is -2.12. The maximum atomic E-state index is 9.22. The van der Waals surface area contributed by atoms with Crippen molar-refractivity contribution in [2.45, 2.75) is 19.6 Å². The molecule has 0 aliphatic heterocycles. The van der Waals surface area contributed by atoms with Crippen LogP contribution < -0.4 is 0 Å². The zero-order valence-corrected chi connectivity index (χ0v) is 7.51. The number of para-hydroxylation sites is 1. The molecule has 68 valence electrons. The van der Waals surface area contributed by atoms with Gasteiger partial charge in [0.2, 0.25) is 0 Å². The second-order valence-electron chi connectivity index (χ2n) is 3.23. The molecular formula is C10H12N2O. The van der Waals surface area contributed by atoms with E-state index >= 15 is 0 Å². The topological polar surface area (TPSA) is 38.0 Å². The molecule has 1 N–H and O–H groups in total. The molecule has 0 radical (unpaired) electrons. The van der Waals surface area contributed by atoms with E-state index in [0.29, 0.717) is 6.54 Å². The Labute approximate surface area is 76.6 Å². The lowest BCUT2D eigenvalue weighted by molar-refractivity contribution is 0.170. The van der Waals surface area contributed by atoms with E-state index in [-0.39, 0.29) is 6.10 Å². The molecule has 1 heterocycles. The van der Waals surface area contributed by atoms with E-state index in [0.717, 1.165) is 10.9 Å². The van der Waals surface area contributed by atoms with Crippen LogP contribution in [0.1, 0.15) is 6.92 Å². The molecule has 0 saturated heterocycles. The van der Waals surface area contributed by atoms with Crippen molar-refractivity contribution in [2.24, 2.45) is 0 Å². The van der Waals surface area contributed by atoms with Crippen LogP contribution in [0.3, 0.4) is 0 Å². The van der Waals surface area contributed by atoms with Crippen LogP contribution in [-0.4, -0.2) is 21.0 Å². The van der Waals surface area contributed by atoms with E-state index in [1.165, 1.54) is 0 Å². The van der Waals surface area contributed by atoms with E-state index < -0.39 is 0 Å². The van der Waals surface area contributed by atoms with Crippen LogP contribution >= 0.6 is 0 Å². The molecule has 2 rings (SSSR count). The monoisotopic (exact) mass is 176 g/mol. The highest BCUT2D eigenvalue weighted by molar-refractivity contribution is 5.78. The number of aliphatic hydroxyl groups excluding tert-OH is 1. The molecule has 13 heavy (non-hydrogen) atoms. The molecule has 0 fully saturated rings. The van der Waals surface area contributed by atoms with Crippen LogP contribution in [-0.2, 0) is 6.54 Å². The Morgan fingerprint density at radius 1 is 1.46 bits per heavy atom. The molecule has 1 aromatic carbocycles. The van der Waals surface area contributed by atoms with Gasteiger partial charge in [-0.05, 0) is 13.0 Å². The van der Waals surface area contributed by atoms with Crippen LogP contribution in [0.4, 0.5) is 0 Å². The molecule has 1 unspecified atom stereocenters. The van der Waals surface area contributed by atoms with Gasteiger partial charge in [0.25, 0.3) is 0 Å². The number of hydrogen-bond donors (Lipinski definition) is 1. The normalized spacial score (nSPS) is 13.4. The quantitative estimate of drug-likeness (QED) is 0.751. The van der Waals surface area contributed by atoms with Gasteiger partial charge in [0.15, 0.2) is 0 Å². The van der Waals surface area contributed by atoms with Crippen molar-refractivity contribution < 1.29 is 5.11 Å². The average molecular weight is 176 g/mol. The molecule has 2 aromatic rings. The maximum absolute atomic E-state index is 9.22. The summed E-state index contributed by atoms with van der Waals surface area (Å²) >= 11 is 0. The number of nitrogens with zero attached hydrogens (tertiary/aromatic N) is 2. The highest BCUT2D eigenvalue weighted by atomic mass is 16.3. The van der Waals surface area contributed by atoms with Gasteiger partial charge in [0.1, 0.15) is 0 Å². The van der Waals surface area contributed by atoms with Crippen molar-refractivity contribution in [1.82, 2.24) is 9.78 Å². The summed E-state index contributed by atoms with van der Waals surface area (Å²) in [4.78, 5) is 0. The minimum Gasteiger partial charge on any atom is -0.391 e. The second-order valence-corrected chi connectivity index (χ2v) is 3.23. The van der Waals surface area contributed by atoms with Gasteiger partial charge in [-0.15, -0.1) is 0 Å². The van der Waals surface area contributed by atoms with Crippen LogP contribution in [0.5, 0.6) is 0 Å². The highest BCUT2D eigenvalue weighted by Crippen LogP contribution is 2.12. The number of aromatic nitrogens is 2. The Morgan fingerprint density at radius 2 is 2.23 bits per heavy atom. The number of benzene rings is 1. The van der Waals surface area contributed by atoms with Crippen molar-refractivity contribution >= 4 is 10.9 Å². The molecule has 0 aliphatic carbocycles. The lowest BCUT2D eigenvalue weighted by Gasteiger charge is -2.05. The van der Waals surface area contributed by atoms with Crippen molar-refractivity contribution in [2.75, 3.05) is 0 Å². The fourth-order valence-electron chi connectivity index (χ4n) is 1.42. The van der Waals surface area contributed by atoms with Gasteiger partial charge in [0, 0.05) is 5.39 Å². The number of fused-ring (bicyclic) bond motifs is 1. The molecule has 0 aliphatic rings. The van der Waals surface area contributed by atoms with Gasteiger partial charge in [-0.1, -0.05) is 18.2 Å². The fraction of sp³-hybridized carbons (Fsp3) is 0.300. The molecular weight excluding hydrogens is 164 g/mol. The highest BCUT2D eigenvalue weighted by Gasteiger charge is 2.03. The Hall–Kier alpha value is -1.35. The summed E-state index contributed by atoms with van der Waals surface area (Å²) in [5.41, 5.74) is 1.07. The Morgan fingerprint density at radius 3 is 3.00 bits per heavy atom. The number of aliphatic hydroxyl groups is 1. The summed E-state index contributed by atoms with van der Waals surface area (Å²) in [6, 6.07) is 7.98. The number of hydrogen-bond acceptors (Lipinski definition) is 2. The molecule has 3 heteroatoms. The van der Waals surface area contributed by atoms with Crippen molar-refractivity contribution in [1.29, 1.82) is 0 Å². The molecule has 0 amide bonds. The largest absolute Gasteiger partial charge is 0.391 e. The molecule has 1 aromatic heterocycles. The van der Waals surface area contributed by atoms with Crippen LogP contribution in [0, 0.1) is 0 Å². The van der Waals surface area contributed by atoms with E-state index in [2.05, 4.69) is 5.10 Å². The third-order valence-electron chi connectivity index (χ3n) is 1.99. The first-order chi connectivity index (χ1) is 6.27. The minimum atomic E-state index is -0.358. The number of rotatable bonds is 2. The smallest absolute Gasteiger partial charge is 0.0708 e. The zero-order valence-electron chi connectivity index (χ0n) is 7.51. The first kappa shape index (κ1) is 8.26. The summed E-state index contributed by atoms with van der Waals surface area (Å²) < 4.78 is 1.82. The SMILES string of the molecule is CC(O)Cn1ncc2ccccc21. The van der Waals surface area contributed by atoms with Crippen molar-refractivity contribution in [3.8, 4) is 0 Å². The molecule has 3 nitrogen and oxygen atoms in total. The van der Waals surface area contributed by atoms with Gasteiger partial charge in [-0.25, -0.2) is 0 Å². The summed E-state index contributed by atoms with van der Waals surface area (Å²) in [5, 5.41) is 14.5. The van der Waals surface area contributed by atoms with Gasteiger partial charge < -0.3 is 5.11 Å². The third kappa shape index (κ3) is 1.55. The summed E-state index contributed by atoms with van der Waals surface area (Å²) in [6.07, 6.45) is 1.46. The van der Waals surface area contributed by atoms with Crippen LogP contribution in [0.15, 0.2) is 30.5 Å². The predicted octanol–water partition coefficient (Wildman–Crippen LogP) is 1.42. The van der Waals surface area contributed by atoms with Crippen molar-refractivity contribution in [3.63, 3.8) is 0 Å². The Balaban J connectivity index is 2.46. The Bertz CT molecular complexity index is 406. The molecule has 0 bridgehead atoms. The lowest BCUT2D eigenvalue weighted by atomic mass is 10.2. The molecule has 0 spiro atoms. The first-order valence-electron chi connectivity index (χ1n) is 4.36. The van der Waals surface area contributed by atoms with Gasteiger partial charge in [-0.3, -0.25) is 4.68 Å². The predicted molar refractivity (Wildman–Crippen MR) is 51.4 cm³/mol. The minimum absolute atomic E-state index is 0.358. The molecule has 0 saturated carbocycles. The average Bonchev–Trinajstić information content (AvgIpc) is 2.48. The van der Waals surface area contributed by atoms with Crippen LogP contribution in [0.2, 0.25) is 0 Å². The van der Waals surface area contributed by atoms with E-state index in [4.69, 9.17) is 0 Å². The van der Waals surface area contributed by atoms with E-state index in [1.807, 2.05) is 35.1 Å². The first-order valence-corrected chi connectivity index (χ1v) is 4.36. The van der Waals surface area contributed by atoms with Gasteiger partial charge in [0.05, 0.1) is 24.4 Å². The zero-order chi connectivity index (χ0) is 9.26. The second kappa shape index (κ2) is 3.18. The van der Waals surface area contributed by atoms with Gasteiger partial charge >= 0.3 is 0 Å².